The smallest absolute Gasteiger partial charge is 0.329 e. The number of carboxylic acids is 1. The molecular weight excluding hydrogens is 292 g/mol. The topological polar surface area (TPSA) is 60.9 Å². The molecule has 0 spiro atoms. The molecule has 0 aliphatic carbocycles. The lowest BCUT2D eigenvalue weighted by molar-refractivity contribution is -0.141. The average molecular weight is 310 g/mol. The van der Waals surface area contributed by atoms with Crippen LogP contribution in [0.1, 0.15) is 12.8 Å². The number of para-hydroxylation sites is 2. The first-order valence-electron chi connectivity index (χ1n) is 7.62. The van der Waals surface area contributed by atoms with Crippen LogP contribution in [-0.4, -0.2) is 34.6 Å². The van der Waals surface area contributed by atoms with Crippen LogP contribution >= 0.6 is 0 Å². The number of hydrogen-bond donors (Lipinski definition) is 1. The van der Waals surface area contributed by atoms with Crippen LogP contribution in [0.2, 0.25) is 0 Å². The van der Waals surface area contributed by atoms with E-state index >= 15 is 0 Å². The molecule has 0 aromatic heterocycles. The lowest BCUT2D eigenvalue weighted by Gasteiger charge is -2.30. The number of carbonyl (C=O) groups is 2. The second-order valence-electron chi connectivity index (χ2n) is 5.48. The van der Waals surface area contributed by atoms with Gasteiger partial charge in [0.1, 0.15) is 6.04 Å². The molecular formula is C18H18N2O3. The summed E-state index contributed by atoms with van der Waals surface area (Å²) in [5.74, 6) is -0.947. The number of benzene rings is 2. The van der Waals surface area contributed by atoms with Gasteiger partial charge in [-0.15, -0.1) is 0 Å². The molecule has 2 amide bonds. The Morgan fingerprint density at radius 3 is 1.96 bits per heavy atom. The lowest BCUT2D eigenvalue weighted by Crippen LogP contribution is -2.46. The van der Waals surface area contributed by atoms with Crippen LogP contribution < -0.4 is 4.90 Å². The highest BCUT2D eigenvalue weighted by atomic mass is 16.4. The number of aliphatic carboxylic acids is 1. The third-order valence-electron chi connectivity index (χ3n) is 4.00. The van der Waals surface area contributed by atoms with Crippen LogP contribution in [0.25, 0.3) is 0 Å². The van der Waals surface area contributed by atoms with Gasteiger partial charge < -0.3 is 10.0 Å². The zero-order valence-corrected chi connectivity index (χ0v) is 12.6. The molecule has 23 heavy (non-hydrogen) atoms. The number of urea groups is 1. The predicted octanol–water partition coefficient (Wildman–Crippen LogP) is 3.49. The molecule has 1 N–H and O–H groups in total. The summed E-state index contributed by atoms with van der Waals surface area (Å²) >= 11 is 0. The standard InChI is InChI=1S/C18H18N2O3/c21-17(22)16-12-7-13-19(16)18(23)20(14-8-3-1-4-9-14)15-10-5-2-6-11-15/h1-6,8-11,16H,7,12-13H2,(H,21,22). The van der Waals surface area contributed by atoms with E-state index in [1.807, 2.05) is 60.7 Å². The summed E-state index contributed by atoms with van der Waals surface area (Å²) in [7, 11) is 0. The molecule has 0 bridgehead atoms. The molecule has 1 fully saturated rings. The summed E-state index contributed by atoms with van der Waals surface area (Å²) in [6, 6.07) is 17.5. The molecule has 1 atom stereocenters. The van der Waals surface area contributed by atoms with E-state index in [0.29, 0.717) is 19.4 Å². The van der Waals surface area contributed by atoms with E-state index in [0.717, 1.165) is 11.4 Å². The molecule has 1 saturated heterocycles. The highest BCUT2D eigenvalue weighted by Gasteiger charge is 2.37. The van der Waals surface area contributed by atoms with Gasteiger partial charge in [0, 0.05) is 6.54 Å². The molecule has 1 heterocycles. The molecule has 118 valence electrons. The van der Waals surface area contributed by atoms with Gasteiger partial charge in [0.15, 0.2) is 0 Å². The fraction of sp³-hybridized carbons (Fsp3) is 0.222. The second kappa shape index (κ2) is 6.52. The van der Waals surface area contributed by atoms with Gasteiger partial charge in [-0.05, 0) is 37.1 Å². The van der Waals surface area contributed by atoms with Crippen molar-refractivity contribution in [1.82, 2.24) is 4.90 Å². The van der Waals surface area contributed by atoms with Gasteiger partial charge in [-0.25, -0.2) is 9.59 Å². The lowest BCUT2D eigenvalue weighted by atomic mass is 10.2. The summed E-state index contributed by atoms with van der Waals surface area (Å²) in [5.41, 5.74) is 1.44. The summed E-state index contributed by atoms with van der Waals surface area (Å²) in [4.78, 5) is 27.5. The Hall–Kier alpha value is -2.82. The summed E-state index contributed by atoms with van der Waals surface area (Å²) in [6.45, 7) is 0.464. The zero-order chi connectivity index (χ0) is 16.2. The number of amides is 2. The Labute approximate surface area is 134 Å². The minimum absolute atomic E-state index is 0.299. The summed E-state index contributed by atoms with van der Waals surface area (Å²) in [5, 5.41) is 9.34. The van der Waals surface area contributed by atoms with Gasteiger partial charge >= 0.3 is 12.0 Å². The first-order valence-corrected chi connectivity index (χ1v) is 7.62. The maximum Gasteiger partial charge on any atom is 0.329 e. The van der Waals surface area contributed by atoms with Crippen LogP contribution in [0.4, 0.5) is 16.2 Å². The Balaban J connectivity index is 1.99. The van der Waals surface area contributed by atoms with E-state index in [4.69, 9.17) is 0 Å². The van der Waals surface area contributed by atoms with Crippen molar-refractivity contribution >= 4 is 23.4 Å². The normalized spacial score (nSPS) is 17.0. The highest BCUT2D eigenvalue weighted by Crippen LogP contribution is 2.29. The molecule has 2 aromatic rings. The van der Waals surface area contributed by atoms with Crippen molar-refractivity contribution in [2.75, 3.05) is 11.4 Å². The van der Waals surface area contributed by atoms with E-state index in [9.17, 15) is 14.7 Å². The van der Waals surface area contributed by atoms with Gasteiger partial charge in [-0.1, -0.05) is 36.4 Å². The fourth-order valence-corrected chi connectivity index (χ4v) is 2.90. The second-order valence-corrected chi connectivity index (χ2v) is 5.48. The Morgan fingerprint density at radius 2 is 1.48 bits per heavy atom. The summed E-state index contributed by atoms with van der Waals surface area (Å²) in [6.07, 6.45) is 1.21. The van der Waals surface area contributed by atoms with E-state index in [1.54, 1.807) is 4.90 Å². The number of likely N-dealkylation sites (tertiary alicyclic amines) is 1. The molecule has 1 aliphatic rings. The Bertz CT molecular complexity index is 648. The third-order valence-corrected chi connectivity index (χ3v) is 4.00. The first-order chi connectivity index (χ1) is 11.2. The van der Waals surface area contributed by atoms with Gasteiger partial charge in [0.25, 0.3) is 0 Å². The third kappa shape index (κ3) is 3.04. The molecule has 5 nitrogen and oxygen atoms in total. The molecule has 5 heteroatoms. The van der Waals surface area contributed by atoms with E-state index in [1.165, 1.54) is 4.90 Å². The molecule has 2 aromatic carbocycles. The largest absolute Gasteiger partial charge is 0.480 e. The molecule has 0 radical (unpaired) electrons. The van der Waals surface area contributed by atoms with Crippen LogP contribution in [0.5, 0.6) is 0 Å². The van der Waals surface area contributed by atoms with Gasteiger partial charge in [-0.2, -0.15) is 0 Å². The maximum atomic E-state index is 13.0. The minimum Gasteiger partial charge on any atom is -0.480 e. The van der Waals surface area contributed by atoms with E-state index in [-0.39, 0.29) is 6.03 Å². The summed E-state index contributed by atoms with van der Waals surface area (Å²) < 4.78 is 0. The Morgan fingerprint density at radius 1 is 0.957 bits per heavy atom. The zero-order valence-electron chi connectivity index (χ0n) is 12.6. The number of carboxylic acid groups (broad SMARTS) is 1. The minimum atomic E-state index is -0.947. The number of nitrogens with zero attached hydrogens (tertiary/aromatic N) is 2. The molecule has 3 rings (SSSR count). The predicted molar refractivity (Wildman–Crippen MR) is 87.8 cm³/mol. The Kier molecular flexibility index (Phi) is 4.28. The van der Waals surface area contributed by atoms with E-state index < -0.39 is 12.0 Å². The van der Waals surface area contributed by atoms with Gasteiger partial charge in [-0.3, -0.25) is 4.90 Å². The van der Waals surface area contributed by atoms with Crippen molar-refractivity contribution in [3.63, 3.8) is 0 Å². The van der Waals surface area contributed by atoms with Crippen molar-refractivity contribution in [2.24, 2.45) is 0 Å². The van der Waals surface area contributed by atoms with E-state index in [2.05, 4.69) is 0 Å². The van der Waals surface area contributed by atoms with Crippen molar-refractivity contribution in [3.05, 3.63) is 60.7 Å². The van der Waals surface area contributed by atoms with Crippen LogP contribution in [0.3, 0.4) is 0 Å². The van der Waals surface area contributed by atoms with Crippen LogP contribution in [0, 0.1) is 0 Å². The fourth-order valence-electron chi connectivity index (χ4n) is 2.90. The van der Waals surface area contributed by atoms with Crippen molar-refractivity contribution < 1.29 is 14.7 Å². The monoisotopic (exact) mass is 310 g/mol. The average Bonchev–Trinajstić information content (AvgIpc) is 3.07. The quantitative estimate of drug-likeness (QED) is 0.944. The highest BCUT2D eigenvalue weighted by molar-refractivity contribution is 6.01. The number of rotatable bonds is 3. The SMILES string of the molecule is O=C(O)C1CCCN1C(=O)N(c1ccccc1)c1ccccc1. The van der Waals surface area contributed by atoms with Gasteiger partial charge in [0.05, 0.1) is 11.4 Å². The first kappa shape index (κ1) is 15.1. The number of carbonyl (C=O) groups excluding carboxylic acids is 1. The maximum absolute atomic E-state index is 13.0. The molecule has 1 unspecified atom stereocenters. The molecule has 0 saturated carbocycles. The van der Waals surface area contributed by atoms with Crippen LogP contribution in [0.15, 0.2) is 60.7 Å². The number of hydrogen-bond acceptors (Lipinski definition) is 2. The van der Waals surface area contributed by atoms with Gasteiger partial charge in [0.2, 0.25) is 0 Å². The van der Waals surface area contributed by atoms with Crippen molar-refractivity contribution in [1.29, 1.82) is 0 Å². The van der Waals surface area contributed by atoms with Crippen LogP contribution in [-0.2, 0) is 4.79 Å². The molecule has 1 aliphatic heterocycles. The van der Waals surface area contributed by atoms with Crippen molar-refractivity contribution in [3.8, 4) is 0 Å². The van der Waals surface area contributed by atoms with Crippen molar-refractivity contribution in [2.45, 2.75) is 18.9 Å². The number of anilines is 2.